The number of benzene rings is 1. The van der Waals surface area contributed by atoms with E-state index in [-0.39, 0.29) is 17.6 Å². The number of nitroso groups, excluding NO2 is 1. The molecule has 1 saturated carbocycles. The first kappa shape index (κ1) is 12.0. The molecular weight excluding hydrogens is 214 g/mol. The molecule has 0 spiro atoms. The highest BCUT2D eigenvalue weighted by atomic mass is 16.3. The molecule has 17 heavy (non-hydrogen) atoms. The van der Waals surface area contributed by atoms with Gasteiger partial charge in [0.15, 0.2) is 11.8 Å². The van der Waals surface area contributed by atoms with Crippen molar-refractivity contribution < 1.29 is 4.79 Å². The van der Waals surface area contributed by atoms with Crippen molar-refractivity contribution in [3.05, 3.63) is 40.8 Å². The summed E-state index contributed by atoms with van der Waals surface area (Å²) in [6.07, 6.45) is 0.863. The normalized spacial score (nSPS) is 24.4. The van der Waals surface area contributed by atoms with Crippen LogP contribution in [0, 0.1) is 16.7 Å². The van der Waals surface area contributed by atoms with Crippen molar-refractivity contribution in [3.63, 3.8) is 0 Å². The van der Waals surface area contributed by atoms with E-state index >= 15 is 0 Å². The van der Waals surface area contributed by atoms with E-state index in [1.165, 1.54) is 5.56 Å². The van der Waals surface area contributed by atoms with Crippen LogP contribution < -0.4 is 0 Å². The second-order valence-corrected chi connectivity index (χ2v) is 5.06. The SMILES string of the molecule is CC(C)C(N=O)C(=O)C1CC1c1ccccc1. The van der Waals surface area contributed by atoms with Crippen molar-refractivity contribution in [2.24, 2.45) is 17.0 Å². The van der Waals surface area contributed by atoms with Crippen LogP contribution in [0.4, 0.5) is 0 Å². The van der Waals surface area contributed by atoms with Crippen LogP contribution in [0.1, 0.15) is 31.7 Å². The number of carbonyl (C=O) groups is 1. The molecule has 3 nitrogen and oxygen atoms in total. The van der Waals surface area contributed by atoms with Gasteiger partial charge in [0.1, 0.15) is 0 Å². The van der Waals surface area contributed by atoms with Crippen molar-refractivity contribution in [3.8, 4) is 0 Å². The highest BCUT2D eigenvalue weighted by molar-refractivity contribution is 5.90. The van der Waals surface area contributed by atoms with E-state index in [1.807, 2.05) is 44.2 Å². The molecule has 0 radical (unpaired) electrons. The Morgan fingerprint density at radius 3 is 2.47 bits per heavy atom. The molecule has 3 heteroatoms. The standard InChI is InChI=1S/C14H17NO2/c1-9(2)13(15-17)14(16)12-8-11(12)10-6-4-3-5-7-10/h3-7,9,11-13H,8H2,1-2H3. The molecule has 1 aromatic carbocycles. The Kier molecular flexibility index (Phi) is 3.36. The van der Waals surface area contributed by atoms with Crippen LogP contribution in [0.25, 0.3) is 0 Å². The van der Waals surface area contributed by atoms with Gasteiger partial charge in [-0.15, -0.1) is 0 Å². The molecule has 90 valence electrons. The molecule has 0 bridgehead atoms. The van der Waals surface area contributed by atoms with Gasteiger partial charge in [0.2, 0.25) is 0 Å². The molecule has 0 aliphatic heterocycles. The lowest BCUT2D eigenvalue weighted by Gasteiger charge is -2.11. The minimum atomic E-state index is -0.672. The summed E-state index contributed by atoms with van der Waals surface area (Å²) in [5, 5.41) is 2.98. The summed E-state index contributed by atoms with van der Waals surface area (Å²) in [4.78, 5) is 22.8. The average Bonchev–Trinajstić information content (AvgIpc) is 3.10. The lowest BCUT2D eigenvalue weighted by molar-refractivity contribution is -0.122. The van der Waals surface area contributed by atoms with E-state index in [0.717, 1.165) is 6.42 Å². The molecule has 1 aliphatic rings. The number of ketones is 1. The lowest BCUT2D eigenvalue weighted by Crippen LogP contribution is -2.26. The van der Waals surface area contributed by atoms with Gasteiger partial charge in [-0.3, -0.25) is 4.79 Å². The van der Waals surface area contributed by atoms with Gasteiger partial charge in [0.25, 0.3) is 0 Å². The third-order valence-electron chi connectivity index (χ3n) is 3.42. The minimum absolute atomic E-state index is 0.00231. The topological polar surface area (TPSA) is 46.5 Å². The smallest absolute Gasteiger partial charge is 0.164 e. The molecular formula is C14H17NO2. The lowest BCUT2D eigenvalue weighted by atomic mass is 9.96. The number of Topliss-reactive ketones (excluding diaryl/α,β-unsaturated/α-hetero) is 1. The van der Waals surface area contributed by atoms with Crippen LogP contribution in [0.2, 0.25) is 0 Å². The monoisotopic (exact) mass is 231 g/mol. The van der Waals surface area contributed by atoms with Crippen LogP contribution in [-0.2, 0) is 4.79 Å². The molecule has 0 saturated heterocycles. The van der Waals surface area contributed by atoms with Gasteiger partial charge in [-0.2, -0.15) is 4.91 Å². The van der Waals surface area contributed by atoms with Crippen molar-refractivity contribution in [1.29, 1.82) is 0 Å². The Morgan fingerprint density at radius 1 is 1.29 bits per heavy atom. The van der Waals surface area contributed by atoms with E-state index in [4.69, 9.17) is 0 Å². The molecule has 1 aromatic rings. The fraction of sp³-hybridized carbons (Fsp3) is 0.500. The first-order valence-corrected chi connectivity index (χ1v) is 6.06. The zero-order valence-corrected chi connectivity index (χ0v) is 10.2. The van der Waals surface area contributed by atoms with Gasteiger partial charge in [0, 0.05) is 5.92 Å². The predicted octanol–water partition coefficient (Wildman–Crippen LogP) is 3.15. The summed E-state index contributed by atoms with van der Waals surface area (Å²) in [5.74, 6) is 0.315. The maximum atomic E-state index is 12.1. The largest absolute Gasteiger partial charge is 0.297 e. The van der Waals surface area contributed by atoms with Crippen molar-refractivity contribution >= 4 is 5.78 Å². The number of carbonyl (C=O) groups excluding carboxylic acids is 1. The Bertz CT molecular complexity index is 413. The van der Waals surface area contributed by atoms with E-state index in [2.05, 4.69) is 5.18 Å². The zero-order chi connectivity index (χ0) is 12.4. The fourth-order valence-corrected chi connectivity index (χ4v) is 2.30. The van der Waals surface area contributed by atoms with E-state index in [0.29, 0.717) is 5.92 Å². The molecule has 3 atom stereocenters. The summed E-state index contributed by atoms with van der Waals surface area (Å²) in [7, 11) is 0. The van der Waals surface area contributed by atoms with Crippen LogP contribution in [0.5, 0.6) is 0 Å². The number of rotatable bonds is 5. The van der Waals surface area contributed by atoms with E-state index < -0.39 is 6.04 Å². The first-order chi connectivity index (χ1) is 8.15. The molecule has 2 rings (SSSR count). The van der Waals surface area contributed by atoms with Gasteiger partial charge in [-0.25, -0.2) is 0 Å². The molecule has 0 amide bonds. The molecule has 0 aromatic heterocycles. The summed E-state index contributed by atoms with van der Waals surface area (Å²) in [5.41, 5.74) is 1.19. The number of hydrogen-bond acceptors (Lipinski definition) is 3. The predicted molar refractivity (Wildman–Crippen MR) is 66.7 cm³/mol. The maximum Gasteiger partial charge on any atom is 0.164 e. The van der Waals surface area contributed by atoms with Gasteiger partial charge < -0.3 is 0 Å². The van der Waals surface area contributed by atoms with Crippen LogP contribution in [-0.4, -0.2) is 11.8 Å². The van der Waals surface area contributed by atoms with Crippen LogP contribution in [0.15, 0.2) is 35.5 Å². The second-order valence-electron chi connectivity index (χ2n) is 5.06. The second kappa shape index (κ2) is 4.78. The molecule has 1 fully saturated rings. The van der Waals surface area contributed by atoms with E-state index in [1.54, 1.807) is 0 Å². The molecule has 0 N–H and O–H groups in total. The average molecular weight is 231 g/mol. The Balaban J connectivity index is 2.03. The number of nitrogens with zero attached hydrogens (tertiary/aromatic N) is 1. The van der Waals surface area contributed by atoms with Gasteiger partial charge in [-0.1, -0.05) is 49.4 Å². The Labute approximate surface area is 101 Å². The van der Waals surface area contributed by atoms with Crippen LogP contribution >= 0.6 is 0 Å². The van der Waals surface area contributed by atoms with Gasteiger partial charge in [-0.05, 0) is 23.8 Å². The molecule has 0 heterocycles. The quantitative estimate of drug-likeness (QED) is 0.731. The first-order valence-electron chi connectivity index (χ1n) is 6.06. The minimum Gasteiger partial charge on any atom is -0.297 e. The fourth-order valence-electron chi connectivity index (χ4n) is 2.30. The summed E-state index contributed by atoms with van der Waals surface area (Å²) in [6, 6.07) is 9.33. The molecule has 3 unspecified atom stereocenters. The van der Waals surface area contributed by atoms with E-state index in [9.17, 15) is 9.70 Å². The van der Waals surface area contributed by atoms with Gasteiger partial charge >= 0.3 is 0 Å². The van der Waals surface area contributed by atoms with Crippen molar-refractivity contribution in [2.45, 2.75) is 32.2 Å². The van der Waals surface area contributed by atoms with Gasteiger partial charge in [0.05, 0.1) is 0 Å². The third-order valence-corrected chi connectivity index (χ3v) is 3.42. The Morgan fingerprint density at radius 2 is 1.94 bits per heavy atom. The van der Waals surface area contributed by atoms with Crippen molar-refractivity contribution in [2.75, 3.05) is 0 Å². The van der Waals surface area contributed by atoms with Crippen molar-refractivity contribution in [1.82, 2.24) is 0 Å². The molecule has 1 aliphatic carbocycles. The third kappa shape index (κ3) is 2.43. The maximum absolute atomic E-state index is 12.1. The summed E-state index contributed by atoms with van der Waals surface area (Å²) >= 11 is 0. The summed E-state index contributed by atoms with van der Waals surface area (Å²) in [6.45, 7) is 3.73. The number of hydrogen-bond donors (Lipinski definition) is 0. The highest BCUT2D eigenvalue weighted by Crippen LogP contribution is 2.49. The van der Waals surface area contributed by atoms with Crippen LogP contribution in [0.3, 0.4) is 0 Å². The zero-order valence-electron chi connectivity index (χ0n) is 10.2. The summed E-state index contributed by atoms with van der Waals surface area (Å²) < 4.78 is 0. The highest BCUT2D eigenvalue weighted by Gasteiger charge is 2.46. The Hall–Kier alpha value is -1.51.